The monoisotopic (exact) mass is 267 g/mol. The molecular weight excluding hydrogens is 250 g/mol. The molecule has 1 rings (SSSR count). The lowest BCUT2D eigenvalue weighted by atomic mass is 10.1. The molecule has 1 aromatic rings. The summed E-state index contributed by atoms with van der Waals surface area (Å²) >= 11 is 1.62. The number of amides is 1. The highest BCUT2D eigenvalue weighted by molar-refractivity contribution is 7.98. The summed E-state index contributed by atoms with van der Waals surface area (Å²) in [4.78, 5) is 22.2. The minimum absolute atomic E-state index is 0.0351. The van der Waals surface area contributed by atoms with Gasteiger partial charge in [-0.3, -0.25) is 9.59 Å². The van der Waals surface area contributed by atoms with E-state index in [0.717, 1.165) is 11.3 Å². The summed E-state index contributed by atoms with van der Waals surface area (Å²) in [7, 11) is 0. The summed E-state index contributed by atoms with van der Waals surface area (Å²) in [5, 5.41) is 11.5. The molecule has 4 nitrogen and oxygen atoms in total. The molecule has 0 fully saturated rings. The van der Waals surface area contributed by atoms with Crippen LogP contribution in [0.4, 0.5) is 5.69 Å². The van der Waals surface area contributed by atoms with E-state index in [0.29, 0.717) is 18.5 Å². The summed E-state index contributed by atoms with van der Waals surface area (Å²) in [6.45, 7) is 0. The van der Waals surface area contributed by atoms with E-state index in [2.05, 4.69) is 5.32 Å². The highest BCUT2D eigenvalue weighted by Gasteiger charge is 2.07. The van der Waals surface area contributed by atoms with Crippen molar-refractivity contribution in [2.45, 2.75) is 19.3 Å². The maximum absolute atomic E-state index is 11.6. The second kappa shape index (κ2) is 7.76. The number of hydrogen-bond donors (Lipinski definition) is 2. The van der Waals surface area contributed by atoms with Crippen molar-refractivity contribution in [2.24, 2.45) is 0 Å². The summed E-state index contributed by atoms with van der Waals surface area (Å²) in [6, 6.07) is 7.31. The van der Waals surface area contributed by atoms with Crippen molar-refractivity contribution in [1.29, 1.82) is 0 Å². The van der Waals surface area contributed by atoms with Crippen LogP contribution in [0.2, 0.25) is 0 Å². The van der Waals surface area contributed by atoms with Gasteiger partial charge in [0.2, 0.25) is 5.91 Å². The van der Waals surface area contributed by atoms with Crippen molar-refractivity contribution >= 4 is 29.3 Å². The first-order valence-corrected chi connectivity index (χ1v) is 7.11. The van der Waals surface area contributed by atoms with Crippen LogP contribution in [0, 0.1) is 0 Å². The van der Waals surface area contributed by atoms with E-state index in [1.807, 2.05) is 24.5 Å². The molecule has 0 saturated heterocycles. The zero-order chi connectivity index (χ0) is 13.4. The number of aliphatic carboxylic acids is 1. The molecule has 5 heteroatoms. The predicted molar refractivity (Wildman–Crippen MR) is 74.0 cm³/mol. The molecule has 2 N–H and O–H groups in total. The Kier molecular flexibility index (Phi) is 6.28. The maximum Gasteiger partial charge on any atom is 0.303 e. The molecule has 0 spiro atoms. The fourth-order valence-corrected chi connectivity index (χ4v) is 1.90. The highest BCUT2D eigenvalue weighted by Crippen LogP contribution is 2.17. The molecule has 0 atom stereocenters. The Morgan fingerprint density at radius 3 is 2.67 bits per heavy atom. The van der Waals surface area contributed by atoms with Crippen LogP contribution < -0.4 is 5.32 Å². The first-order valence-electron chi connectivity index (χ1n) is 5.72. The van der Waals surface area contributed by atoms with Crippen molar-refractivity contribution in [2.75, 3.05) is 17.3 Å². The molecular formula is C13H17NO3S. The second-order valence-corrected chi connectivity index (χ2v) is 4.83. The van der Waals surface area contributed by atoms with Crippen molar-refractivity contribution in [1.82, 2.24) is 0 Å². The Bertz CT molecular complexity index is 420. The third kappa shape index (κ3) is 5.23. The van der Waals surface area contributed by atoms with E-state index < -0.39 is 5.97 Å². The number of benzene rings is 1. The van der Waals surface area contributed by atoms with Crippen LogP contribution >= 0.6 is 11.8 Å². The van der Waals surface area contributed by atoms with Gasteiger partial charge in [0.25, 0.3) is 0 Å². The van der Waals surface area contributed by atoms with Gasteiger partial charge in [-0.25, -0.2) is 0 Å². The molecule has 1 aromatic carbocycles. The Morgan fingerprint density at radius 2 is 2.00 bits per heavy atom. The van der Waals surface area contributed by atoms with Gasteiger partial charge in [0.15, 0.2) is 0 Å². The van der Waals surface area contributed by atoms with Crippen molar-refractivity contribution in [3.8, 4) is 0 Å². The molecule has 0 radical (unpaired) electrons. The molecule has 0 heterocycles. The number of rotatable bonds is 7. The Hall–Kier alpha value is -1.49. The molecule has 98 valence electrons. The van der Waals surface area contributed by atoms with E-state index in [9.17, 15) is 9.59 Å². The number of aryl methyl sites for hydroxylation is 1. The molecule has 0 aliphatic carbocycles. The molecule has 0 aliphatic rings. The van der Waals surface area contributed by atoms with Gasteiger partial charge in [-0.2, -0.15) is 11.8 Å². The number of carboxylic acids is 1. The van der Waals surface area contributed by atoms with E-state index in [1.165, 1.54) is 0 Å². The fraction of sp³-hybridized carbons (Fsp3) is 0.385. The highest BCUT2D eigenvalue weighted by atomic mass is 32.2. The topological polar surface area (TPSA) is 66.4 Å². The number of hydrogen-bond acceptors (Lipinski definition) is 3. The predicted octanol–water partition coefficient (Wildman–Crippen LogP) is 2.40. The number of anilines is 1. The van der Waals surface area contributed by atoms with E-state index in [4.69, 9.17) is 5.11 Å². The van der Waals surface area contributed by atoms with Gasteiger partial charge in [0.05, 0.1) is 0 Å². The third-order valence-corrected chi connectivity index (χ3v) is 3.05. The van der Waals surface area contributed by atoms with Gasteiger partial charge < -0.3 is 10.4 Å². The van der Waals surface area contributed by atoms with Gasteiger partial charge >= 0.3 is 5.97 Å². The first-order chi connectivity index (χ1) is 8.63. The minimum Gasteiger partial charge on any atom is -0.481 e. The van der Waals surface area contributed by atoms with Gasteiger partial charge in [0.1, 0.15) is 0 Å². The third-order valence-electron chi connectivity index (χ3n) is 2.43. The summed E-state index contributed by atoms with van der Waals surface area (Å²) in [6.07, 6.45) is 2.91. The summed E-state index contributed by atoms with van der Waals surface area (Å²) in [5.74, 6) is -0.0889. The SMILES string of the molecule is CSCCC(=O)Nc1ccccc1CCC(=O)O. The zero-order valence-electron chi connectivity index (χ0n) is 10.3. The van der Waals surface area contributed by atoms with Crippen LogP contribution in [-0.4, -0.2) is 29.0 Å². The van der Waals surface area contributed by atoms with Crippen LogP contribution in [0.5, 0.6) is 0 Å². The zero-order valence-corrected chi connectivity index (χ0v) is 11.1. The van der Waals surface area contributed by atoms with Crippen LogP contribution in [-0.2, 0) is 16.0 Å². The minimum atomic E-state index is -0.835. The van der Waals surface area contributed by atoms with E-state index in [-0.39, 0.29) is 12.3 Å². The average Bonchev–Trinajstić information content (AvgIpc) is 2.35. The second-order valence-electron chi connectivity index (χ2n) is 3.84. The van der Waals surface area contributed by atoms with Gasteiger partial charge in [-0.15, -0.1) is 0 Å². The van der Waals surface area contributed by atoms with Gasteiger partial charge in [0, 0.05) is 24.3 Å². The van der Waals surface area contributed by atoms with Crippen molar-refractivity contribution in [3.05, 3.63) is 29.8 Å². The van der Waals surface area contributed by atoms with Crippen LogP contribution in [0.15, 0.2) is 24.3 Å². The molecule has 0 aromatic heterocycles. The fourth-order valence-electron chi connectivity index (χ4n) is 1.51. The van der Waals surface area contributed by atoms with Crippen molar-refractivity contribution < 1.29 is 14.7 Å². The van der Waals surface area contributed by atoms with Gasteiger partial charge in [-0.1, -0.05) is 18.2 Å². The number of thioether (sulfide) groups is 1. The lowest BCUT2D eigenvalue weighted by Crippen LogP contribution is -2.13. The largest absolute Gasteiger partial charge is 0.481 e. The number of para-hydroxylation sites is 1. The number of carbonyl (C=O) groups excluding carboxylic acids is 1. The molecule has 18 heavy (non-hydrogen) atoms. The first kappa shape index (κ1) is 14.6. The van der Waals surface area contributed by atoms with E-state index in [1.54, 1.807) is 17.8 Å². The smallest absolute Gasteiger partial charge is 0.303 e. The lowest BCUT2D eigenvalue weighted by molar-refractivity contribution is -0.136. The molecule has 1 amide bonds. The lowest BCUT2D eigenvalue weighted by Gasteiger charge is -2.10. The summed E-state index contributed by atoms with van der Waals surface area (Å²) in [5.41, 5.74) is 1.57. The van der Waals surface area contributed by atoms with Crippen LogP contribution in [0.25, 0.3) is 0 Å². The molecule has 0 saturated carbocycles. The Morgan fingerprint density at radius 1 is 1.28 bits per heavy atom. The number of nitrogens with one attached hydrogen (secondary N) is 1. The van der Waals surface area contributed by atoms with Crippen LogP contribution in [0.3, 0.4) is 0 Å². The van der Waals surface area contributed by atoms with E-state index >= 15 is 0 Å². The Labute approximate surface area is 111 Å². The number of carboxylic acid groups (broad SMARTS) is 1. The maximum atomic E-state index is 11.6. The Balaban J connectivity index is 2.63. The molecule has 0 unspecified atom stereocenters. The van der Waals surface area contributed by atoms with Crippen LogP contribution in [0.1, 0.15) is 18.4 Å². The standard InChI is InChI=1S/C13H17NO3S/c1-18-9-8-12(15)14-11-5-3-2-4-10(11)6-7-13(16)17/h2-5H,6-9H2,1H3,(H,14,15)(H,16,17). The quantitative estimate of drug-likeness (QED) is 0.796. The average molecular weight is 267 g/mol. The normalized spacial score (nSPS) is 10.1. The summed E-state index contributed by atoms with van der Waals surface area (Å²) < 4.78 is 0. The van der Waals surface area contributed by atoms with Crippen molar-refractivity contribution in [3.63, 3.8) is 0 Å². The van der Waals surface area contributed by atoms with Gasteiger partial charge in [-0.05, 0) is 24.3 Å². The number of carbonyl (C=O) groups is 2. The molecule has 0 aliphatic heterocycles. The molecule has 0 bridgehead atoms.